The van der Waals surface area contributed by atoms with E-state index in [9.17, 15) is 0 Å². The largest absolute Gasteiger partial charge is 0.307 e. The van der Waals surface area contributed by atoms with Crippen LogP contribution >= 0.6 is 11.3 Å². The van der Waals surface area contributed by atoms with E-state index in [4.69, 9.17) is 4.98 Å². The average Bonchev–Trinajstić information content (AvgIpc) is 3.19. The number of hydrogen-bond acceptors (Lipinski definition) is 4. The third-order valence-electron chi connectivity index (χ3n) is 3.57. The van der Waals surface area contributed by atoms with Gasteiger partial charge in [0.15, 0.2) is 0 Å². The zero-order chi connectivity index (χ0) is 14.9. The van der Waals surface area contributed by atoms with E-state index < -0.39 is 0 Å². The fourth-order valence-corrected chi connectivity index (χ4v) is 3.40. The molecule has 0 spiro atoms. The number of rotatable bonds is 5. The van der Waals surface area contributed by atoms with E-state index in [0.717, 1.165) is 18.7 Å². The highest BCUT2D eigenvalue weighted by atomic mass is 32.1. The Morgan fingerprint density at radius 3 is 2.71 bits per heavy atom. The van der Waals surface area contributed by atoms with E-state index in [-0.39, 0.29) is 5.54 Å². The number of pyridine rings is 1. The van der Waals surface area contributed by atoms with E-state index in [0.29, 0.717) is 5.92 Å². The Labute approximate surface area is 130 Å². The summed E-state index contributed by atoms with van der Waals surface area (Å²) in [5, 5.41) is 4.79. The summed E-state index contributed by atoms with van der Waals surface area (Å²) in [4.78, 5) is 10.7. The summed E-state index contributed by atoms with van der Waals surface area (Å²) in [6.07, 6.45) is 5.30. The highest BCUT2D eigenvalue weighted by Crippen LogP contribution is 2.43. The van der Waals surface area contributed by atoms with Crippen molar-refractivity contribution in [2.45, 2.75) is 58.0 Å². The molecule has 21 heavy (non-hydrogen) atoms. The molecule has 0 atom stereocenters. The van der Waals surface area contributed by atoms with Crippen molar-refractivity contribution in [1.29, 1.82) is 0 Å². The molecule has 1 fully saturated rings. The van der Waals surface area contributed by atoms with E-state index in [2.05, 4.69) is 37.1 Å². The van der Waals surface area contributed by atoms with Crippen LogP contribution in [-0.2, 0) is 13.0 Å². The van der Waals surface area contributed by atoms with Crippen molar-refractivity contribution in [2.24, 2.45) is 0 Å². The zero-order valence-electron chi connectivity index (χ0n) is 13.0. The standard InChI is InChI=1S/C17H23N3S/c1-17(2,3)19-11-14-16(12-7-8-12)20-15(21-14)10-13-6-4-5-9-18-13/h4-6,9,12,19H,7-8,10-11H2,1-3H3. The Hall–Kier alpha value is -1.26. The predicted octanol–water partition coefficient (Wildman–Crippen LogP) is 3.89. The van der Waals surface area contributed by atoms with Crippen molar-refractivity contribution in [1.82, 2.24) is 15.3 Å². The molecule has 0 saturated heterocycles. The quantitative estimate of drug-likeness (QED) is 0.910. The molecular formula is C17H23N3S. The Morgan fingerprint density at radius 2 is 2.10 bits per heavy atom. The van der Waals surface area contributed by atoms with Gasteiger partial charge in [0.2, 0.25) is 0 Å². The number of nitrogens with zero attached hydrogens (tertiary/aromatic N) is 2. The first kappa shape index (κ1) is 14.7. The van der Waals surface area contributed by atoms with Gasteiger partial charge in [-0.15, -0.1) is 11.3 Å². The molecule has 3 rings (SSSR count). The smallest absolute Gasteiger partial charge is 0.0991 e. The van der Waals surface area contributed by atoms with E-state index in [1.54, 1.807) is 0 Å². The molecule has 0 unspecified atom stereocenters. The maximum atomic E-state index is 4.91. The SMILES string of the molecule is CC(C)(C)NCc1sc(Cc2ccccn2)nc1C1CC1. The lowest BCUT2D eigenvalue weighted by molar-refractivity contribution is 0.425. The van der Waals surface area contributed by atoms with Crippen LogP contribution in [0.5, 0.6) is 0 Å². The van der Waals surface area contributed by atoms with Crippen LogP contribution in [0.3, 0.4) is 0 Å². The van der Waals surface area contributed by atoms with Crippen LogP contribution in [0.25, 0.3) is 0 Å². The number of aromatic nitrogens is 2. The topological polar surface area (TPSA) is 37.8 Å². The van der Waals surface area contributed by atoms with Gasteiger partial charge in [-0.05, 0) is 45.7 Å². The second-order valence-electron chi connectivity index (χ2n) is 6.79. The normalized spacial score (nSPS) is 15.4. The van der Waals surface area contributed by atoms with E-state index in [1.165, 1.54) is 28.4 Å². The lowest BCUT2D eigenvalue weighted by atomic mass is 10.1. The maximum Gasteiger partial charge on any atom is 0.0991 e. The molecule has 2 heterocycles. The van der Waals surface area contributed by atoms with Gasteiger partial charge in [-0.2, -0.15) is 0 Å². The third-order valence-corrected chi connectivity index (χ3v) is 4.64. The molecule has 0 bridgehead atoms. The van der Waals surface area contributed by atoms with Gasteiger partial charge in [0.05, 0.1) is 10.7 Å². The first-order valence-electron chi connectivity index (χ1n) is 7.65. The molecule has 1 N–H and O–H groups in total. The minimum absolute atomic E-state index is 0.145. The molecule has 1 aliphatic rings. The first-order chi connectivity index (χ1) is 10.0. The van der Waals surface area contributed by atoms with Gasteiger partial charge in [-0.25, -0.2) is 4.98 Å². The highest BCUT2D eigenvalue weighted by molar-refractivity contribution is 7.11. The summed E-state index contributed by atoms with van der Waals surface area (Å²) in [7, 11) is 0. The summed E-state index contributed by atoms with van der Waals surface area (Å²) in [6, 6.07) is 6.07. The van der Waals surface area contributed by atoms with Gasteiger partial charge in [0.1, 0.15) is 0 Å². The van der Waals surface area contributed by atoms with Crippen molar-refractivity contribution in [3.05, 3.63) is 45.7 Å². The van der Waals surface area contributed by atoms with Gasteiger partial charge >= 0.3 is 0 Å². The van der Waals surface area contributed by atoms with Crippen LogP contribution in [0.1, 0.15) is 60.8 Å². The van der Waals surface area contributed by atoms with Crippen LogP contribution in [0.2, 0.25) is 0 Å². The summed E-state index contributed by atoms with van der Waals surface area (Å²) in [5.41, 5.74) is 2.58. The average molecular weight is 301 g/mol. The Bertz CT molecular complexity index is 594. The fraction of sp³-hybridized carbons (Fsp3) is 0.529. The first-order valence-corrected chi connectivity index (χ1v) is 8.46. The zero-order valence-corrected chi connectivity index (χ0v) is 13.8. The molecule has 4 heteroatoms. The van der Waals surface area contributed by atoms with Gasteiger partial charge in [0.25, 0.3) is 0 Å². The second kappa shape index (κ2) is 5.85. The van der Waals surface area contributed by atoms with Crippen molar-refractivity contribution < 1.29 is 0 Å². The number of hydrogen-bond donors (Lipinski definition) is 1. The Balaban J connectivity index is 1.76. The summed E-state index contributed by atoms with van der Waals surface area (Å²) < 4.78 is 0. The summed E-state index contributed by atoms with van der Waals surface area (Å²) in [6.45, 7) is 7.55. The molecule has 1 aliphatic carbocycles. The molecule has 0 amide bonds. The van der Waals surface area contributed by atoms with E-state index >= 15 is 0 Å². The van der Waals surface area contributed by atoms with Crippen molar-refractivity contribution >= 4 is 11.3 Å². The molecule has 1 saturated carbocycles. The second-order valence-corrected chi connectivity index (χ2v) is 7.96. The fourth-order valence-electron chi connectivity index (χ4n) is 2.30. The van der Waals surface area contributed by atoms with Gasteiger partial charge < -0.3 is 5.32 Å². The van der Waals surface area contributed by atoms with Gasteiger partial charge in [-0.1, -0.05) is 6.07 Å². The molecule has 0 aliphatic heterocycles. The lowest BCUT2D eigenvalue weighted by Crippen LogP contribution is -2.35. The Morgan fingerprint density at radius 1 is 1.29 bits per heavy atom. The maximum absolute atomic E-state index is 4.91. The van der Waals surface area contributed by atoms with Crippen LogP contribution < -0.4 is 5.32 Å². The molecule has 0 aromatic carbocycles. The lowest BCUT2D eigenvalue weighted by Gasteiger charge is -2.20. The molecule has 2 aromatic rings. The van der Waals surface area contributed by atoms with Crippen LogP contribution in [-0.4, -0.2) is 15.5 Å². The summed E-state index contributed by atoms with van der Waals surface area (Å²) in [5.74, 6) is 0.704. The minimum Gasteiger partial charge on any atom is -0.307 e. The highest BCUT2D eigenvalue weighted by Gasteiger charge is 2.29. The minimum atomic E-state index is 0.145. The summed E-state index contributed by atoms with van der Waals surface area (Å²) >= 11 is 1.85. The molecule has 3 nitrogen and oxygen atoms in total. The predicted molar refractivity (Wildman–Crippen MR) is 87.7 cm³/mol. The monoisotopic (exact) mass is 301 g/mol. The van der Waals surface area contributed by atoms with E-state index in [1.807, 2.05) is 29.7 Å². The van der Waals surface area contributed by atoms with Crippen LogP contribution in [0.4, 0.5) is 0 Å². The van der Waals surface area contributed by atoms with Crippen LogP contribution in [0.15, 0.2) is 24.4 Å². The molecular weight excluding hydrogens is 278 g/mol. The van der Waals surface area contributed by atoms with Crippen molar-refractivity contribution in [3.63, 3.8) is 0 Å². The van der Waals surface area contributed by atoms with Crippen molar-refractivity contribution in [2.75, 3.05) is 0 Å². The molecule has 2 aromatic heterocycles. The third kappa shape index (κ3) is 4.11. The number of thiazole rings is 1. The Kier molecular flexibility index (Phi) is 4.09. The molecule has 112 valence electrons. The molecule has 0 radical (unpaired) electrons. The van der Waals surface area contributed by atoms with Gasteiger partial charge in [0, 0.05) is 41.2 Å². The van der Waals surface area contributed by atoms with Crippen molar-refractivity contribution in [3.8, 4) is 0 Å². The number of nitrogens with one attached hydrogen (secondary N) is 1. The van der Waals surface area contributed by atoms with Gasteiger partial charge in [-0.3, -0.25) is 4.98 Å². The van der Waals surface area contributed by atoms with Crippen LogP contribution in [0, 0.1) is 0 Å².